The highest BCUT2D eigenvalue weighted by Gasteiger charge is 2.20. The van der Waals surface area contributed by atoms with E-state index < -0.39 is 0 Å². The van der Waals surface area contributed by atoms with Crippen LogP contribution in [0.15, 0.2) is 17.8 Å². The molecule has 0 unspecified atom stereocenters. The maximum Gasteiger partial charge on any atom is 0.168 e. The van der Waals surface area contributed by atoms with E-state index in [-0.39, 0.29) is 0 Å². The lowest BCUT2D eigenvalue weighted by Crippen LogP contribution is -2.22. The van der Waals surface area contributed by atoms with Gasteiger partial charge in [0.1, 0.15) is 0 Å². The minimum absolute atomic E-state index is 0.643. The van der Waals surface area contributed by atoms with Gasteiger partial charge in [-0.25, -0.2) is 0 Å². The van der Waals surface area contributed by atoms with Crippen LogP contribution in [0.2, 0.25) is 0 Å². The van der Waals surface area contributed by atoms with Crippen LogP contribution in [0.1, 0.15) is 11.1 Å². The molecule has 0 fully saturated rings. The first kappa shape index (κ1) is 11.5. The van der Waals surface area contributed by atoms with Crippen molar-refractivity contribution in [2.45, 2.75) is 6.54 Å². The molecular weight excluding hydrogens is 218 g/mol. The van der Waals surface area contributed by atoms with Gasteiger partial charge in [-0.1, -0.05) is 6.07 Å². The second-order valence-electron chi connectivity index (χ2n) is 3.92. The minimum atomic E-state index is 0.643. The third kappa shape index (κ3) is 1.86. The zero-order chi connectivity index (χ0) is 12.4. The molecule has 4 heteroatoms. The Balaban J connectivity index is 2.61. The minimum Gasteiger partial charge on any atom is -0.493 e. The van der Waals surface area contributed by atoms with E-state index in [2.05, 4.69) is 0 Å². The van der Waals surface area contributed by atoms with Crippen LogP contribution in [0.5, 0.6) is 11.5 Å². The Labute approximate surface area is 100 Å². The highest BCUT2D eigenvalue weighted by atomic mass is 16.5. The molecule has 0 amide bonds. The number of methoxy groups -OCH3 is 2. The number of rotatable bonds is 3. The highest BCUT2D eigenvalue weighted by Crippen LogP contribution is 2.37. The van der Waals surface area contributed by atoms with Gasteiger partial charge in [0.15, 0.2) is 17.8 Å². The van der Waals surface area contributed by atoms with E-state index in [1.54, 1.807) is 14.2 Å². The van der Waals surface area contributed by atoms with Gasteiger partial charge in [0.25, 0.3) is 0 Å². The van der Waals surface area contributed by atoms with Crippen molar-refractivity contribution in [2.24, 2.45) is 0 Å². The summed E-state index contributed by atoms with van der Waals surface area (Å²) in [6, 6.07) is 3.87. The first-order valence-corrected chi connectivity index (χ1v) is 5.33. The van der Waals surface area contributed by atoms with E-state index in [0.717, 1.165) is 17.4 Å². The van der Waals surface area contributed by atoms with Gasteiger partial charge in [-0.05, 0) is 17.7 Å². The van der Waals surface area contributed by atoms with Crippen molar-refractivity contribution in [1.82, 2.24) is 4.90 Å². The zero-order valence-electron chi connectivity index (χ0n) is 10.2. The monoisotopic (exact) mass is 233 g/mol. The van der Waals surface area contributed by atoms with Gasteiger partial charge in [0, 0.05) is 19.2 Å². The van der Waals surface area contributed by atoms with Crippen LogP contribution in [0, 0.1) is 0 Å². The second kappa shape index (κ2) is 4.49. The fraction of sp³-hybridized carbons (Fsp3) is 0.308. The largest absolute Gasteiger partial charge is 0.493 e. The number of fused-ring (bicyclic) bond motifs is 1. The summed E-state index contributed by atoms with van der Waals surface area (Å²) < 4.78 is 10.6. The summed E-state index contributed by atoms with van der Waals surface area (Å²) in [7, 11) is 5.09. The van der Waals surface area contributed by atoms with Gasteiger partial charge in [0.05, 0.1) is 19.9 Å². The molecule has 1 aromatic rings. The Morgan fingerprint density at radius 3 is 2.65 bits per heavy atom. The molecule has 1 aromatic carbocycles. The molecule has 0 saturated carbocycles. The number of hydrogen-bond acceptors (Lipinski definition) is 4. The number of aldehydes is 1. The van der Waals surface area contributed by atoms with Crippen molar-refractivity contribution in [2.75, 3.05) is 21.3 Å². The van der Waals surface area contributed by atoms with Crippen LogP contribution in [0.3, 0.4) is 0 Å². The van der Waals surface area contributed by atoms with Crippen LogP contribution < -0.4 is 9.47 Å². The summed E-state index contributed by atoms with van der Waals surface area (Å²) in [5.74, 6) is 1.36. The molecule has 0 saturated heterocycles. The molecule has 2 rings (SSSR count). The lowest BCUT2D eigenvalue weighted by atomic mass is 10.0. The number of benzene rings is 1. The smallest absolute Gasteiger partial charge is 0.168 e. The molecule has 0 radical (unpaired) electrons. The molecule has 0 N–H and O–H groups in total. The lowest BCUT2D eigenvalue weighted by Gasteiger charge is -2.26. The number of nitrogens with zero attached hydrogens (tertiary/aromatic N) is 1. The Hall–Kier alpha value is -1.97. The van der Waals surface area contributed by atoms with E-state index in [1.165, 1.54) is 0 Å². The summed E-state index contributed by atoms with van der Waals surface area (Å²) in [4.78, 5) is 12.9. The summed E-state index contributed by atoms with van der Waals surface area (Å²) in [6.07, 6.45) is 2.68. The fourth-order valence-electron chi connectivity index (χ4n) is 2.02. The van der Waals surface area contributed by atoms with Crippen LogP contribution in [-0.2, 0) is 11.3 Å². The predicted octanol–water partition coefficient (Wildman–Crippen LogP) is 1.69. The molecule has 0 aromatic heterocycles. The van der Waals surface area contributed by atoms with Gasteiger partial charge in [-0.2, -0.15) is 0 Å². The van der Waals surface area contributed by atoms with Crippen LogP contribution >= 0.6 is 0 Å². The van der Waals surface area contributed by atoms with Crippen molar-refractivity contribution in [3.05, 3.63) is 29.0 Å². The molecule has 17 heavy (non-hydrogen) atoms. The third-order valence-electron chi connectivity index (χ3n) is 2.94. The molecule has 4 nitrogen and oxygen atoms in total. The Morgan fingerprint density at radius 2 is 2.06 bits per heavy atom. The van der Waals surface area contributed by atoms with Crippen molar-refractivity contribution >= 4 is 12.4 Å². The quantitative estimate of drug-likeness (QED) is 0.745. The number of ether oxygens (including phenoxy) is 2. The Bertz CT molecular complexity index is 480. The molecule has 1 heterocycles. The fourth-order valence-corrected chi connectivity index (χ4v) is 2.02. The van der Waals surface area contributed by atoms with Crippen molar-refractivity contribution in [3.63, 3.8) is 0 Å². The van der Waals surface area contributed by atoms with Gasteiger partial charge < -0.3 is 14.4 Å². The summed E-state index contributed by atoms with van der Waals surface area (Å²) in [5.41, 5.74) is 2.69. The number of carbonyl (C=O) groups is 1. The van der Waals surface area contributed by atoms with Crippen molar-refractivity contribution in [3.8, 4) is 11.5 Å². The van der Waals surface area contributed by atoms with E-state index >= 15 is 0 Å². The number of hydrogen-bond donors (Lipinski definition) is 0. The van der Waals surface area contributed by atoms with Crippen molar-refractivity contribution < 1.29 is 14.3 Å². The number of likely N-dealkylation sites (N-methyl/N-ethyl adjacent to an activating group) is 1. The lowest BCUT2D eigenvalue weighted by molar-refractivity contribution is -0.106. The highest BCUT2D eigenvalue weighted by molar-refractivity contribution is 5.84. The average Bonchev–Trinajstić information content (AvgIpc) is 2.36. The van der Waals surface area contributed by atoms with Gasteiger partial charge in [-0.3, -0.25) is 4.79 Å². The molecule has 0 bridgehead atoms. The maximum atomic E-state index is 11.0. The molecule has 0 atom stereocenters. The molecule has 0 aliphatic carbocycles. The maximum absolute atomic E-state index is 11.0. The zero-order valence-corrected chi connectivity index (χ0v) is 10.2. The van der Waals surface area contributed by atoms with Crippen LogP contribution in [0.25, 0.3) is 6.08 Å². The van der Waals surface area contributed by atoms with Crippen LogP contribution in [-0.4, -0.2) is 32.5 Å². The molecule has 1 aliphatic rings. The second-order valence-corrected chi connectivity index (χ2v) is 3.92. The standard InChI is InChI=1S/C13H15NO3/c1-14-7-9-4-5-12(16-2)13(17-3)11(9)6-10(14)8-15/h4-6,8H,7H2,1-3H3. The molecule has 1 aliphatic heterocycles. The normalized spacial score (nSPS) is 13.8. The van der Waals surface area contributed by atoms with Crippen molar-refractivity contribution in [1.29, 1.82) is 0 Å². The Kier molecular flexibility index (Phi) is 3.04. The molecular formula is C13H15NO3. The van der Waals surface area contributed by atoms with Gasteiger partial charge >= 0.3 is 0 Å². The topological polar surface area (TPSA) is 38.8 Å². The van der Waals surface area contributed by atoms with E-state index in [0.29, 0.717) is 23.7 Å². The third-order valence-corrected chi connectivity index (χ3v) is 2.94. The first-order chi connectivity index (χ1) is 8.21. The summed E-state index contributed by atoms with van der Waals surface area (Å²) in [6.45, 7) is 0.695. The van der Waals surface area contributed by atoms with Gasteiger partial charge in [-0.15, -0.1) is 0 Å². The predicted molar refractivity (Wildman–Crippen MR) is 65.1 cm³/mol. The molecule has 0 spiro atoms. The first-order valence-electron chi connectivity index (χ1n) is 5.33. The van der Waals surface area contributed by atoms with Gasteiger partial charge in [0.2, 0.25) is 0 Å². The van der Waals surface area contributed by atoms with E-state index in [9.17, 15) is 4.79 Å². The van der Waals surface area contributed by atoms with E-state index in [1.807, 2.05) is 30.2 Å². The SMILES string of the molecule is COc1ccc2c(c1OC)C=C(C=O)N(C)C2. The average molecular weight is 233 g/mol. The molecule has 90 valence electrons. The number of carbonyl (C=O) groups excluding carboxylic acids is 1. The summed E-state index contributed by atoms with van der Waals surface area (Å²) >= 11 is 0. The van der Waals surface area contributed by atoms with Crippen LogP contribution in [0.4, 0.5) is 0 Å². The number of allylic oxidation sites excluding steroid dienone is 1. The Morgan fingerprint density at radius 1 is 1.29 bits per heavy atom. The summed E-state index contributed by atoms with van der Waals surface area (Å²) in [5, 5.41) is 0. The van der Waals surface area contributed by atoms with E-state index in [4.69, 9.17) is 9.47 Å².